The summed E-state index contributed by atoms with van der Waals surface area (Å²) in [7, 11) is 0. The normalized spacial score (nSPS) is 19.2. The van der Waals surface area contributed by atoms with E-state index in [9.17, 15) is 14.0 Å². The van der Waals surface area contributed by atoms with Crippen LogP contribution in [0.3, 0.4) is 0 Å². The predicted molar refractivity (Wildman–Crippen MR) is 94.8 cm³/mol. The van der Waals surface area contributed by atoms with E-state index in [1.54, 1.807) is 43.3 Å². The second-order valence-corrected chi connectivity index (χ2v) is 5.94. The molecule has 136 valence electrons. The lowest BCUT2D eigenvalue weighted by Gasteiger charge is -2.13. The number of amides is 1. The van der Waals surface area contributed by atoms with Gasteiger partial charge in [-0.2, -0.15) is 0 Å². The van der Waals surface area contributed by atoms with Gasteiger partial charge in [0.2, 0.25) is 5.91 Å². The highest BCUT2D eigenvalue weighted by atomic mass is 19.1. The monoisotopic (exact) mass is 357 g/mol. The Morgan fingerprint density at radius 2 is 1.88 bits per heavy atom. The van der Waals surface area contributed by atoms with Gasteiger partial charge in [-0.15, -0.1) is 0 Å². The van der Waals surface area contributed by atoms with Crippen LogP contribution >= 0.6 is 0 Å². The number of halogens is 1. The molecule has 1 heterocycles. The molecule has 1 saturated heterocycles. The van der Waals surface area contributed by atoms with Crippen LogP contribution in [0.25, 0.3) is 0 Å². The highest BCUT2D eigenvalue weighted by Crippen LogP contribution is 2.24. The van der Waals surface area contributed by atoms with Crippen LogP contribution < -0.4 is 16.2 Å². The van der Waals surface area contributed by atoms with Crippen molar-refractivity contribution in [1.29, 1.82) is 0 Å². The first-order valence-electron chi connectivity index (χ1n) is 8.42. The number of rotatable bonds is 5. The molecule has 3 rings (SSSR count). The summed E-state index contributed by atoms with van der Waals surface area (Å²) in [4.78, 5) is 24.6. The number of hydrogen-bond donors (Lipinski definition) is 3. The molecule has 1 aliphatic heterocycles. The summed E-state index contributed by atoms with van der Waals surface area (Å²) >= 11 is 0. The van der Waals surface area contributed by atoms with Gasteiger partial charge in [-0.3, -0.25) is 4.79 Å². The largest absolute Gasteiger partial charge is 0.462 e. The average Bonchev–Trinajstić information content (AvgIpc) is 3.13. The third-order valence-corrected chi connectivity index (χ3v) is 4.17. The standard InChI is InChI=1S/C19H20FN3O3/c1-2-26-19(25)14-5-3-4-6-15(14)21-18(24)17-11-16(22-23-17)12-7-9-13(20)10-8-12/h3-10,16-17,22-23H,2,11H2,1H3,(H,21,24). The lowest BCUT2D eigenvalue weighted by molar-refractivity contribution is -0.117. The van der Waals surface area contributed by atoms with E-state index in [4.69, 9.17) is 4.74 Å². The lowest BCUT2D eigenvalue weighted by Crippen LogP contribution is -2.39. The van der Waals surface area contributed by atoms with Crippen molar-refractivity contribution in [1.82, 2.24) is 10.9 Å². The van der Waals surface area contributed by atoms with Crippen molar-refractivity contribution in [3.05, 3.63) is 65.5 Å². The zero-order chi connectivity index (χ0) is 18.5. The Morgan fingerprint density at radius 3 is 2.62 bits per heavy atom. The van der Waals surface area contributed by atoms with Gasteiger partial charge >= 0.3 is 5.97 Å². The van der Waals surface area contributed by atoms with Gasteiger partial charge in [-0.05, 0) is 43.2 Å². The molecule has 0 aliphatic carbocycles. The Bertz CT molecular complexity index is 795. The topological polar surface area (TPSA) is 79.5 Å². The van der Waals surface area contributed by atoms with E-state index in [2.05, 4.69) is 16.2 Å². The SMILES string of the molecule is CCOC(=O)c1ccccc1NC(=O)C1CC(c2ccc(F)cc2)NN1. The minimum Gasteiger partial charge on any atom is -0.462 e. The highest BCUT2D eigenvalue weighted by molar-refractivity contribution is 6.02. The maximum Gasteiger partial charge on any atom is 0.340 e. The maximum atomic E-state index is 13.0. The van der Waals surface area contributed by atoms with Gasteiger partial charge in [0, 0.05) is 6.04 Å². The number of nitrogens with one attached hydrogen (secondary N) is 3. The molecular weight excluding hydrogens is 337 g/mol. The molecule has 2 unspecified atom stereocenters. The van der Waals surface area contributed by atoms with Crippen LogP contribution in [0.1, 0.15) is 35.3 Å². The van der Waals surface area contributed by atoms with E-state index >= 15 is 0 Å². The van der Waals surface area contributed by atoms with Crippen LogP contribution in [-0.4, -0.2) is 24.5 Å². The lowest BCUT2D eigenvalue weighted by atomic mass is 10.0. The van der Waals surface area contributed by atoms with Crippen LogP contribution in [0.4, 0.5) is 10.1 Å². The quantitative estimate of drug-likeness (QED) is 0.717. The molecule has 1 fully saturated rings. The molecule has 0 spiro atoms. The van der Waals surface area contributed by atoms with Crippen molar-refractivity contribution in [3.8, 4) is 0 Å². The van der Waals surface area contributed by atoms with Gasteiger partial charge in [0.15, 0.2) is 0 Å². The van der Waals surface area contributed by atoms with Gasteiger partial charge < -0.3 is 10.1 Å². The second-order valence-electron chi connectivity index (χ2n) is 5.94. The first kappa shape index (κ1) is 18.0. The molecule has 2 aromatic carbocycles. The van der Waals surface area contributed by atoms with E-state index in [0.717, 1.165) is 5.56 Å². The summed E-state index contributed by atoms with van der Waals surface area (Å²) in [6, 6.07) is 12.3. The molecule has 2 aromatic rings. The summed E-state index contributed by atoms with van der Waals surface area (Å²) < 4.78 is 18.1. The summed E-state index contributed by atoms with van der Waals surface area (Å²) in [5.74, 6) is -1.05. The smallest absolute Gasteiger partial charge is 0.340 e. The zero-order valence-corrected chi connectivity index (χ0v) is 14.3. The Balaban J connectivity index is 1.66. The highest BCUT2D eigenvalue weighted by Gasteiger charge is 2.30. The summed E-state index contributed by atoms with van der Waals surface area (Å²) in [5, 5.41) is 2.77. The molecule has 2 atom stereocenters. The molecule has 7 heteroatoms. The summed E-state index contributed by atoms with van der Waals surface area (Å²) in [6.45, 7) is 1.98. The van der Waals surface area contributed by atoms with Crippen molar-refractivity contribution in [2.75, 3.05) is 11.9 Å². The van der Waals surface area contributed by atoms with E-state index in [1.165, 1.54) is 12.1 Å². The van der Waals surface area contributed by atoms with Crippen molar-refractivity contribution in [2.45, 2.75) is 25.4 Å². The first-order valence-corrected chi connectivity index (χ1v) is 8.42. The Morgan fingerprint density at radius 1 is 1.15 bits per heavy atom. The fourth-order valence-corrected chi connectivity index (χ4v) is 2.84. The number of hydrogen-bond acceptors (Lipinski definition) is 5. The Kier molecular flexibility index (Phi) is 5.60. The average molecular weight is 357 g/mol. The van der Waals surface area contributed by atoms with Crippen LogP contribution in [0.15, 0.2) is 48.5 Å². The zero-order valence-electron chi connectivity index (χ0n) is 14.3. The molecule has 0 radical (unpaired) electrons. The number of anilines is 1. The van der Waals surface area contributed by atoms with Gasteiger partial charge in [0.25, 0.3) is 0 Å². The fraction of sp³-hybridized carbons (Fsp3) is 0.263. The predicted octanol–water partition coefficient (Wildman–Crippen LogP) is 2.55. The van der Waals surface area contributed by atoms with Crippen LogP contribution in [0.5, 0.6) is 0 Å². The Hall–Kier alpha value is -2.77. The molecule has 6 nitrogen and oxygen atoms in total. The number of carbonyl (C=O) groups excluding carboxylic acids is 2. The van der Waals surface area contributed by atoms with Crippen molar-refractivity contribution >= 4 is 17.6 Å². The molecule has 3 N–H and O–H groups in total. The maximum absolute atomic E-state index is 13.0. The minimum atomic E-state index is -0.486. The number of esters is 1. The van der Waals surface area contributed by atoms with E-state index < -0.39 is 12.0 Å². The minimum absolute atomic E-state index is 0.105. The van der Waals surface area contributed by atoms with Gasteiger partial charge in [0.05, 0.1) is 17.9 Å². The Labute approximate surface area is 150 Å². The number of benzene rings is 2. The number of ether oxygens (including phenoxy) is 1. The first-order chi connectivity index (χ1) is 12.6. The van der Waals surface area contributed by atoms with Crippen molar-refractivity contribution in [2.24, 2.45) is 0 Å². The summed E-state index contributed by atoms with van der Waals surface area (Å²) in [5.41, 5.74) is 7.59. The summed E-state index contributed by atoms with van der Waals surface area (Å²) in [6.07, 6.45) is 0.499. The van der Waals surface area contributed by atoms with E-state index in [-0.39, 0.29) is 24.4 Å². The number of carbonyl (C=O) groups is 2. The van der Waals surface area contributed by atoms with E-state index in [1.807, 2.05) is 0 Å². The molecule has 1 aliphatic rings. The molecule has 0 saturated carbocycles. The molecule has 0 aromatic heterocycles. The van der Waals surface area contributed by atoms with Crippen LogP contribution in [-0.2, 0) is 9.53 Å². The number of hydrazine groups is 1. The number of para-hydroxylation sites is 1. The second kappa shape index (κ2) is 8.07. The molecule has 1 amide bonds. The molecule has 0 bridgehead atoms. The fourth-order valence-electron chi connectivity index (χ4n) is 2.84. The van der Waals surface area contributed by atoms with Crippen LogP contribution in [0.2, 0.25) is 0 Å². The molecule has 26 heavy (non-hydrogen) atoms. The van der Waals surface area contributed by atoms with Crippen LogP contribution in [0, 0.1) is 5.82 Å². The van der Waals surface area contributed by atoms with Crippen molar-refractivity contribution in [3.63, 3.8) is 0 Å². The molecular formula is C19H20FN3O3. The van der Waals surface area contributed by atoms with Gasteiger partial charge in [0.1, 0.15) is 11.9 Å². The third-order valence-electron chi connectivity index (χ3n) is 4.17. The van der Waals surface area contributed by atoms with Gasteiger partial charge in [-0.1, -0.05) is 24.3 Å². The van der Waals surface area contributed by atoms with Crippen molar-refractivity contribution < 1.29 is 18.7 Å². The van der Waals surface area contributed by atoms with E-state index in [0.29, 0.717) is 17.7 Å². The third kappa shape index (κ3) is 4.07. The van der Waals surface area contributed by atoms with Gasteiger partial charge in [-0.25, -0.2) is 20.0 Å².